The van der Waals surface area contributed by atoms with Crippen LogP contribution in [-0.4, -0.2) is 17.8 Å². The average Bonchev–Trinajstić information content (AvgIpc) is 2.70. The number of rotatable bonds is 1. The van der Waals surface area contributed by atoms with E-state index in [0.29, 0.717) is 11.8 Å². The molecule has 2 bridgehead atoms. The van der Waals surface area contributed by atoms with E-state index in [1.54, 1.807) is 18.6 Å². The van der Waals surface area contributed by atoms with Gasteiger partial charge in [0.1, 0.15) is 5.60 Å². The monoisotopic (exact) mass is 290 g/mol. The minimum absolute atomic E-state index is 0.0541. The number of hydrogen-bond acceptors (Lipinski definition) is 4. The zero-order valence-electron chi connectivity index (χ0n) is 13.2. The first-order chi connectivity index (χ1) is 9.97. The van der Waals surface area contributed by atoms with Crippen LogP contribution in [0.4, 0.5) is 0 Å². The third-order valence-corrected chi connectivity index (χ3v) is 4.07. The predicted molar refractivity (Wildman–Crippen MR) is 84.7 cm³/mol. The molecule has 4 heteroatoms. The summed E-state index contributed by atoms with van der Waals surface area (Å²) in [7, 11) is 0. The van der Waals surface area contributed by atoms with Crippen molar-refractivity contribution in [2.45, 2.75) is 52.1 Å². The van der Waals surface area contributed by atoms with E-state index in [0.717, 1.165) is 0 Å². The fraction of sp³-hybridized carbons (Fsp3) is 0.647. The highest BCUT2D eigenvalue weighted by Gasteiger charge is 2.49. The molecule has 4 nitrogen and oxygen atoms in total. The lowest BCUT2D eigenvalue weighted by molar-refractivity contribution is -0.174. The quantitative estimate of drug-likeness (QED) is 0.753. The number of allylic oxidation sites excluding steroid dienone is 1. The van der Waals surface area contributed by atoms with Crippen LogP contribution >= 0.6 is 0 Å². The SMILES string of the molecule is C1=CNC=CN=C1.CC(C)(C)OC(=O)C1C2CCCC1C2. The first-order valence-electron chi connectivity index (χ1n) is 7.79. The van der Waals surface area contributed by atoms with E-state index in [9.17, 15) is 4.79 Å². The fourth-order valence-corrected chi connectivity index (χ4v) is 3.20. The molecule has 1 aliphatic heterocycles. The number of ether oxygens (including phenoxy) is 1. The van der Waals surface area contributed by atoms with E-state index in [4.69, 9.17) is 4.74 Å². The lowest BCUT2D eigenvalue weighted by Gasteiger charge is -2.48. The van der Waals surface area contributed by atoms with Crippen molar-refractivity contribution in [2.24, 2.45) is 22.7 Å². The summed E-state index contributed by atoms with van der Waals surface area (Å²) < 4.78 is 5.44. The van der Waals surface area contributed by atoms with Crippen molar-refractivity contribution in [1.29, 1.82) is 0 Å². The van der Waals surface area contributed by atoms with Crippen molar-refractivity contribution in [1.82, 2.24) is 5.32 Å². The molecule has 3 fully saturated rings. The molecule has 1 N–H and O–H groups in total. The van der Waals surface area contributed by atoms with Gasteiger partial charge in [-0.05, 0) is 57.9 Å². The number of fused-ring (bicyclic) bond motifs is 2. The molecule has 0 aromatic carbocycles. The van der Waals surface area contributed by atoms with Gasteiger partial charge in [-0.1, -0.05) is 6.42 Å². The fourth-order valence-electron chi connectivity index (χ4n) is 3.20. The van der Waals surface area contributed by atoms with Gasteiger partial charge in [0.25, 0.3) is 0 Å². The summed E-state index contributed by atoms with van der Waals surface area (Å²) in [5.41, 5.74) is -0.318. The van der Waals surface area contributed by atoms with Gasteiger partial charge in [0.2, 0.25) is 0 Å². The summed E-state index contributed by atoms with van der Waals surface area (Å²) in [6.07, 6.45) is 13.9. The van der Waals surface area contributed by atoms with Gasteiger partial charge in [0.15, 0.2) is 0 Å². The zero-order chi connectivity index (χ0) is 15.3. The largest absolute Gasteiger partial charge is 0.460 e. The van der Waals surface area contributed by atoms with Crippen LogP contribution < -0.4 is 5.32 Å². The maximum atomic E-state index is 11.8. The molecule has 0 aromatic heterocycles. The maximum absolute atomic E-state index is 11.8. The van der Waals surface area contributed by atoms with Gasteiger partial charge in [-0.25, -0.2) is 0 Å². The molecular formula is C17H26N2O2. The Labute approximate surface area is 127 Å². The Kier molecular flexibility index (Phi) is 5.21. The molecule has 2 unspecified atom stereocenters. The van der Waals surface area contributed by atoms with Gasteiger partial charge in [-0.15, -0.1) is 0 Å². The Morgan fingerprint density at radius 3 is 2.57 bits per heavy atom. The number of carbonyl (C=O) groups excluding carboxylic acids is 1. The van der Waals surface area contributed by atoms with Crippen molar-refractivity contribution >= 4 is 12.2 Å². The Morgan fingerprint density at radius 1 is 1.24 bits per heavy atom. The lowest BCUT2D eigenvalue weighted by Crippen LogP contribution is -2.47. The van der Waals surface area contributed by atoms with Gasteiger partial charge in [-0.3, -0.25) is 9.79 Å². The number of nitrogens with zero attached hydrogens (tertiary/aromatic N) is 1. The summed E-state index contributed by atoms with van der Waals surface area (Å²) in [5.74, 6) is 1.58. The third kappa shape index (κ3) is 4.73. The minimum atomic E-state index is -0.318. The van der Waals surface area contributed by atoms with Crippen molar-refractivity contribution in [3.8, 4) is 0 Å². The average molecular weight is 290 g/mol. The van der Waals surface area contributed by atoms with E-state index < -0.39 is 0 Å². The molecule has 2 atom stereocenters. The summed E-state index contributed by atoms with van der Waals surface area (Å²) in [6.45, 7) is 5.83. The number of nitrogens with one attached hydrogen (secondary N) is 1. The molecule has 4 aliphatic rings. The highest BCUT2D eigenvalue weighted by atomic mass is 16.6. The van der Waals surface area contributed by atoms with Crippen LogP contribution in [0, 0.1) is 17.8 Å². The molecule has 1 heterocycles. The molecule has 3 aliphatic carbocycles. The smallest absolute Gasteiger partial charge is 0.310 e. The number of esters is 1. The standard InChI is InChI=1S/C12H20O2.C5H6N2/c1-12(2,3)14-11(13)10-8-5-4-6-9(10)7-8;1-2-6-4-5-7-3-1/h8-10H,4-7H2,1-3H3;1-6H. The van der Waals surface area contributed by atoms with Crippen molar-refractivity contribution in [3.05, 3.63) is 24.7 Å². The summed E-state index contributed by atoms with van der Waals surface area (Å²) in [6, 6.07) is 0. The first-order valence-corrected chi connectivity index (χ1v) is 7.79. The second kappa shape index (κ2) is 6.92. The molecular weight excluding hydrogens is 264 g/mol. The normalized spacial score (nSPS) is 29.4. The number of aliphatic imine (C=N–C) groups is 1. The third-order valence-electron chi connectivity index (χ3n) is 4.07. The summed E-state index contributed by atoms with van der Waals surface area (Å²) in [5, 5.41) is 2.86. The van der Waals surface area contributed by atoms with Crippen LogP contribution in [-0.2, 0) is 9.53 Å². The Hall–Kier alpha value is -1.58. The molecule has 0 amide bonds. The second-order valence-corrected chi connectivity index (χ2v) is 6.89. The van der Waals surface area contributed by atoms with Crippen LogP contribution in [0.3, 0.4) is 0 Å². The molecule has 21 heavy (non-hydrogen) atoms. The Morgan fingerprint density at radius 2 is 1.95 bits per heavy atom. The van der Waals surface area contributed by atoms with Gasteiger partial charge in [-0.2, -0.15) is 0 Å². The van der Waals surface area contributed by atoms with Gasteiger partial charge in [0.05, 0.1) is 5.92 Å². The van der Waals surface area contributed by atoms with Crippen molar-refractivity contribution in [2.75, 3.05) is 0 Å². The number of carbonyl (C=O) groups is 1. The lowest BCUT2D eigenvalue weighted by atomic mass is 9.57. The van der Waals surface area contributed by atoms with E-state index in [1.807, 2.05) is 33.0 Å². The highest BCUT2D eigenvalue weighted by Crippen LogP contribution is 2.51. The van der Waals surface area contributed by atoms with Gasteiger partial charge >= 0.3 is 5.97 Å². The highest BCUT2D eigenvalue weighted by molar-refractivity contribution is 5.75. The molecule has 4 rings (SSSR count). The van der Waals surface area contributed by atoms with E-state index in [-0.39, 0.29) is 17.5 Å². The maximum Gasteiger partial charge on any atom is 0.310 e. The van der Waals surface area contributed by atoms with E-state index >= 15 is 0 Å². The summed E-state index contributed by atoms with van der Waals surface area (Å²) in [4.78, 5) is 15.6. The topological polar surface area (TPSA) is 50.7 Å². The summed E-state index contributed by atoms with van der Waals surface area (Å²) >= 11 is 0. The van der Waals surface area contributed by atoms with Gasteiger partial charge < -0.3 is 10.1 Å². The van der Waals surface area contributed by atoms with Gasteiger partial charge in [0, 0.05) is 24.8 Å². The Balaban J connectivity index is 0.000000194. The molecule has 116 valence electrons. The van der Waals surface area contributed by atoms with Crippen LogP contribution in [0.5, 0.6) is 0 Å². The minimum Gasteiger partial charge on any atom is -0.460 e. The van der Waals surface area contributed by atoms with Crippen LogP contribution in [0.1, 0.15) is 46.5 Å². The molecule has 0 spiro atoms. The zero-order valence-corrected chi connectivity index (χ0v) is 13.2. The predicted octanol–water partition coefficient (Wildman–Crippen LogP) is 3.41. The van der Waals surface area contributed by atoms with Crippen molar-refractivity contribution in [3.63, 3.8) is 0 Å². The second-order valence-electron chi connectivity index (χ2n) is 6.89. The molecule has 0 saturated heterocycles. The Bertz CT molecular complexity index is 418. The number of hydrogen-bond donors (Lipinski definition) is 1. The van der Waals surface area contributed by atoms with Crippen molar-refractivity contribution < 1.29 is 9.53 Å². The van der Waals surface area contributed by atoms with Crippen LogP contribution in [0.15, 0.2) is 29.7 Å². The molecule has 0 radical (unpaired) electrons. The van der Waals surface area contributed by atoms with Crippen LogP contribution in [0.2, 0.25) is 0 Å². The van der Waals surface area contributed by atoms with E-state index in [1.165, 1.54) is 25.7 Å². The molecule has 0 aromatic rings. The van der Waals surface area contributed by atoms with E-state index in [2.05, 4.69) is 10.3 Å². The van der Waals surface area contributed by atoms with Crippen LogP contribution in [0.25, 0.3) is 0 Å². The first kappa shape index (κ1) is 15.8. The molecule has 3 saturated carbocycles.